The van der Waals surface area contributed by atoms with Crippen LogP contribution in [0.2, 0.25) is 0 Å². The number of fused-ring (bicyclic) bond motifs is 1. The van der Waals surface area contributed by atoms with Crippen molar-refractivity contribution in [2.24, 2.45) is 16.8 Å². The zero-order valence-electron chi connectivity index (χ0n) is 17.4. The highest BCUT2D eigenvalue weighted by Gasteiger charge is 2.36. The third-order valence-electron chi connectivity index (χ3n) is 5.81. The van der Waals surface area contributed by atoms with Gasteiger partial charge in [0, 0.05) is 23.9 Å². The van der Waals surface area contributed by atoms with E-state index in [0.29, 0.717) is 6.61 Å². The largest absolute Gasteiger partial charge is 0.466 e. The fourth-order valence-corrected chi connectivity index (χ4v) is 4.50. The predicted octanol–water partition coefficient (Wildman–Crippen LogP) is 4.20. The lowest BCUT2D eigenvalue weighted by molar-refractivity contribution is -0.147. The number of carbonyl (C=O) groups excluding carboxylic acids is 1. The molecule has 0 spiro atoms. The molecule has 5 nitrogen and oxygen atoms in total. The normalized spacial score (nSPS) is 21.9. The quantitative estimate of drug-likeness (QED) is 0.654. The van der Waals surface area contributed by atoms with Crippen molar-refractivity contribution in [1.29, 1.82) is 0 Å². The van der Waals surface area contributed by atoms with E-state index >= 15 is 0 Å². The SMILES string of the molecule is CCOC(=O)C1C=CC2=C(N=CC3=CCCc4ccn2c43)C1CCCN(C)C.Cl. The summed E-state index contributed by atoms with van der Waals surface area (Å²) in [5.41, 5.74) is 5.93. The Bertz CT molecular complexity index is 892. The van der Waals surface area contributed by atoms with E-state index in [1.807, 2.05) is 19.2 Å². The van der Waals surface area contributed by atoms with E-state index in [1.165, 1.54) is 16.8 Å². The number of carbonyl (C=O) groups is 1. The maximum Gasteiger partial charge on any atom is 0.313 e. The molecule has 4 rings (SSSR count). The first-order valence-corrected chi connectivity index (χ1v) is 10.3. The van der Waals surface area contributed by atoms with E-state index in [4.69, 9.17) is 9.73 Å². The Hall–Kier alpha value is -2.11. The van der Waals surface area contributed by atoms with Gasteiger partial charge in [-0.25, -0.2) is 0 Å². The molecule has 0 radical (unpaired) electrons. The van der Waals surface area contributed by atoms with E-state index in [9.17, 15) is 4.79 Å². The van der Waals surface area contributed by atoms with E-state index < -0.39 is 0 Å². The van der Waals surface area contributed by atoms with Crippen molar-refractivity contribution in [3.8, 4) is 0 Å². The maximum atomic E-state index is 12.7. The van der Waals surface area contributed by atoms with Gasteiger partial charge in [0.1, 0.15) is 0 Å². The number of hydrogen-bond acceptors (Lipinski definition) is 4. The first-order chi connectivity index (χ1) is 13.6. The van der Waals surface area contributed by atoms with Crippen LogP contribution >= 0.6 is 12.4 Å². The number of allylic oxidation sites excluding steroid dienone is 5. The van der Waals surface area contributed by atoms with Crippen LogP contribution in [0, 0.1) is 11.8 Å². The molecule has 0 bridgehead atoms. The molecule has 1 aromatic heterocycles. The van der Waals surface area contributed by atoms with Crippen LogP contribution in [0.3, 0.4) is 0 Å². The Morgan fingerprint density at radius 2 is 2.21 bits per heavy atom. The van der Waals surface area contributed by atoms with Gasteiger partial charge >= 0.3 is 5.97 Å². The van der Waals surface area contributed by atoms with Crippen LogP contribution in [0.15, 0.2) is 41.2 Å². The monoisotopic (exact) mass is 415 g/mol. The molecule has 0 saturated carbocycles. The number of halogens is 1. The van der Waals surface area contributed by atoms with Gasteiger partial charge in [0.05, 0.1) is 29.6 Å². The van der Waals surface area contributed by atoms with E-state index in [-0.39, 0.29) is 30.2 Å². The molecule has 1 aliphatic heterocycles. The number of esters is 1. The number of nitrogens with zero attached hydrogens (tertiary/aromatic N) is 3. The molecule has 0 N–H and O–H groups in total. The highest BCUT2D eigenvalue weighted by atomic mass is 35.5. The summed E-state index contributed by atoms with van der Waals surface area (Å²) in [6.07, 6.45) is 14.6. The topological polar surface area (TPSA) is 46.8 Å². The summed E-state index contributed by atoms with van der Waals surface area (Å²) in [6, 6.07) is 2.22. The number of rotatable bonds is 6. The summed E-state index contributed by atoms with van der Waals surface area (Å²) >= 11 is 0. The number of aliphatic imine (C=N–C) groups is 1. The summed E-state index contributed by atoms with van der Waals surface area (Å²) in [5, 5.41) is 0. The molecule has 0 aromatic carbocycles. The van der Waals surface area contributed by atoms with Crippen LogP contribution in [0.5, 0.6) is 0 Å². The second-order valence-corrected chi connectivity index (χ2v) is 7.98. The molecule has 0 fully saturated rings. The molecule has 29 heavy (non-hydrogen) atoms. The van der Waals surface area contributed by atoms with Crippen molar-refractivity contribution >= 4 is 35.9 Å². The van der Waals surface area contributed by atoms with Gasteiger partial charge < -0.3 is 14.2 Å². The minimum absolute atomic E-state index is 0. The summed E-state index contributed by atoms with van der Waals surface area (Å²) in [7, 11) is 4.16. The fourth-order valence-electron chi connectivity index (χ4n) is 4.50. The van der Waals surface area contributed by atoms with E-state index in [0.717, 1.165) is 43.6 Å². The van der Waals surface area contributed by atoms with Gasteiger partial charge in [-0.15, -0.1) is 12.4 Å². The Kier molecular flexibility index (Phi) is 6.81. The number of aryl methyl sites for hydroxylation is 1. The van der Waals surface area contributed by atoms with Crippen LogP contribution in [-0.4, -0.2) is 48.9 Å². The van der Waals surface area contributed by atoms with Gasteiger partial charge in [0.25, 0.3) is 0 Å². The fraction of sp³-hybridized carbons (Fsp3) is 0.478. The highest BCUT2D eigenvalue weighted by molar-refractivity contribution is 6.12. The van der Waals surface area contributed by atoms with Crippen molar-refractivity contribution in [3.05, 3.63) is 47.4 Å². The molecule has 6 heteroatoms. The van der Waals surface area contributed by atoms with Gasteiger partial charge in [-0.3, -0.25) is 9.79 Å². The molecule has 156 valence electrons. The van der Waals surface area contributed by atoms with E-state index in [2.05, 4.69) is 48.0 Å². The van der Waals surface area contributed by atoms with Gasteiger partial charge in [-0.2, -0.15) is 0 Å². The van der Waals surface area contributed by atoms with Crippen molar-refractivity contribution < 1.29 is 9.53 Å². The third-order valence-corrected chi connectivity index (χ3v) is 5.81. The first-order valence-electron chi connectivity index (χ1n) is 10.3. The molecule has 0 saturated heterocycles. The molecular formula is C23H30ClN3O2. The minimum atomic E-state index is -0.271. The third kappa shape index (κ3) is 4.12. The molecular weight excluding hydrogens is 386 g/mol. The average molecular weight is 416 g/mol. The van der Waals surface area contributed by atoms with Crippen LogP contribution in [0.4, 0.5) is 0 Å². The molecule has 1 aromatic rings. The van der Waals surface area contributed by atoms with Crippen LogP contribution in [0.1, 0.15) is 37.4 Å². The zero-order valence-corrected chi connectivity index (χ0v) is 18.2. The lowest BCUT2D eigenvalue weighted by atomic mass is 9.81. The Labute approximate surface area is 179 Å². The zero-order chi connectivity index (χ0) is 19.7. The van der Waals surface area contributed by atoms with Gasteiger partial charge in [0.15, 0.2) is 0 Å². The Morgan fingerprint density at radius 3 is 2.97 bits per heavy atom. The van der Waals surface area contributed by atoms with Crippen LogP contribution < -0.4 is 0 Å². The van der Waals surface area contributed by atoms with Crippen molar-refractivity contribution in [3.63, 3.8) is 0 Å². The van der Waals surface area contributed by atoms with Gasteiger partial charge in [0.2, 0.25) is 0 Å². The highest BCUT2D eigenvalue weighted by Crippen LogP contribution is 2.41. The lowest BCUT2D eigenvalue weighted by Gasteiger charge is -2.29. The summed E-state index contributed by atoms with van der Waals surface area (Å²) in [6.45, 7) is 3.26. The van der Waals surface area contributed by atoms with Crippen molar-refractivity contribution in [1.82, 2.24) is 9.47 Å². The maximum absolute atomic E-state index is 12.7. The molecule has 3 aliphatic rings. The Balaban J connectivity index is 0.00000240. The molecule has 2 heterocycles. The number of ether oxygens (including phenoxy) is 1. The second-order valence-electron chi connectivity index (χ2n) is 7.98. The standard InChI is InChI=1S/C23H29N3O2.ClH/c1-4-28-23(27)19-10-11-20-21(18(19)9-6-13-25(2)3)24-15-17-8-5-7-16-12-14-26(20)22(16)17;/h8,10-12,14-15,18-19H,4-7,9,13H2,1-3H3;1H. The molecule has 2 atom stereocenters. The minimum Gasteiger partial charge on any atom is -0.466 e. The second kappa shape index (κ2) is 9.14. The average Bonchev–Trinajstić information content (AvgIpc) is 3.03. The van der Waals surface area contributed by atoms with Crippen molar-refractivity contribution in [2.75, 3.05) is 27.2 Å². The number of hydrogen-bond donors (Lipinski definition) is 0. The Morgan fingerprint density at radius 1 is 1.38 bits per heavy atom. The lowest BCUT2D eigenvalue weighted by Crippen LogP contribution is -2.29. The number of aromatic nitrogens is 1. The summed E-state index contributed by atoms with van der Waals surface area (Å²) in [5.74, 6) is -0.380. The molecule has 2 unspecified atom stereocenters. The first kappa shape index (κ1) is 21.6. The summed E-state index contributed by atoms with van der Waals surface area (Å²) in [4.78, 5) is 19.8. The van der Waals surface area contributed by atoms with Gasteiger partial charge in [-0.1, -0.05) is 12.2 Å². The van der Waals surface area contributed by atoms with Crippen LogP contribution in [-0.2, 0) is 16.0 Å². The van der Waals surface area contributed by atoms with E-state index in [1.54, 1.807) is 0 Å². The molecule has 2 aliphatic carbocycles. The van der Waals surface area contributed by atoms with Crippen molar-refractivity contribution in [2.45, 2.75) is 32.6 Å². The molecule has 0 amide bonds. The van der Waals surface area contributed by atoms with Gasteiger partial charge in [-0.05, 0) is 71.0 Å². The van der Waals surface area contributed by atoms with Crippen LogP contribution in [0.25, 0.3) is 11.3 Å². The summed E-state index contributed by atoms with van der Waals surface area (Å²) < 4.78 is 7.65. The smallest absolute Gasteiger partial charge is 0.313 e. The predicted molar refractivity (Wildman–Crippen MR) is 120 cm³/mol.